The van der Waals surface area contributed by atoms with E-state index in [0.29, 0.717) is 12.8 Å². The van der Waals surface area contributed by atoms with Gasteiger partial charge in [0, 0.05) is 19.3 Å². The summed E-state index contributed by atoms with van der Waals surface area (Å²) in [7, 11) is 5.37. The third-order valence-corrected chi connectivity index (χ3v) is 9.95. The van der Waals surface area contributed by atoms with Crippen molar-refractivity contribution < 1.29 is 38.2 Å². The van der Waals surface area contributed by atoms with Crippen LogP contribution in [-0.2, 0) is 28.6 Å². The Morgan fingerprint density at radius 3 is 1.50 bits per heavy atom. The highest BCUT2D eigenvalue weighted by Crippen LogP contribution is 2.12. The first-order chi connectivity index (χ1) is 30.1. The lowest BCUT2D eigenvalue weighted by molar-refractivity contribution is -0.889. The summed E-state index contributed by atoms with van der Waals surface area (Å²) < 4.78 is 17.1. The van der Waals surface area contributed by atoms with Gasteiger partial charge >= 0.3 is 11.9 Å². The molecule has 0 rings (SSSR count). The van der Waals surface area contributed by atoms with Gasteiger partial charge in [0.2, 0.25) is 0 Å². The molecule has 0 aliphatic carbocycles. The molecule has 0 heterocycles. The number of ether oxygens (including phenoxy) is 3. The predicted molar refractivity (Wildman–Crippen MR) is 258 cm³/mol. The molecule has 350 valence electrons. The minimum absolute atomic E-state index is 0.00319. The minimum Gasteiger partial charge on any atom is -0.544 e. The molecule has 0 amide bonds. The molecule has 0 aromatic heterocycles. The first-order valence-electron chi connectivity index (χ1n) is 23.9. The van der Waals surface area contributed by atoms with Crippen molar-refractivity contribution in [1.82, 2.24) is 0 Å². The fourth-order valence-corrected chi connectivity index (χ4v) is 6.26. The van der Waals surface area contributed by atoms with Crippen LogP contribution in [0, 0.1) is 0 Å². The summed E-state index contributed by atoms with van der Waals surface area (Å²) in [6.07, 6.45) is 59.8. The predicted octanol–water partition coefficient (Wildman–Crippen LogP) is 12.3. The zero-order valence-corrected chi connectivity index (χ0v) is 39.7. The summed E-state index contributed by atoms with van der Waals surface area (Å²) >= 11 is 0. The molecule has 0 fully saturated rings. The van der Waals surface area contributed by atoms with Crippen LogP contribution in [0.4, 0.5) is 0 Å². The average molecular weight is 862 g/mol. The quantitative estimate of drug-likeness (QED) is 0.0198. The van der Waals surface area contributed by atoms with E-state index in [1.807, 2.05) is 0 Å². The highest BCUT2D eigenvalue weighted by molar-refractivity contribution is 5.70. The van der Waals surface area contributed by atoms with Crippen molar-refractivity contribution in [3.8, 4) is 0 Å². The number of nitrogens with zero attached hydrogens (tertiary/aromatic N) is 1. The van der Waals surface area contributed by atoms with Crippen molar-refractivity contribution in [2.24, 2.45) is 0 Å². The molecule has 0 aromatic carbocycles. The maximum absolute atomic E-state index is 12.7. The number of hydrogen-bond acceptors (Lipinski definition) is 7. The highest BCUT2D eigenvalue weighted by atomic mass is 16.6. The van der Waals surface area contributed by atoms with Crippen LogP contribution in [0.1, 0.15) is 162 Å². The van der Waals surface area contributed by atoms with Crippen LogP contribution in [0.15, 0.2) is 109 Å². The van der Waals surface area contributed by atoms with Crippen molar-refractivity contribution >= 4 is 17.9 Å². The van der Waals surface area contributed by atoms with Crippen LogP contribution in [-0.4, -0.2) is 75.5 Å². The Morgan fingerprint density at radius 2 is 0.984 bits per heavy atom. The molecule has 0 radical (unpaired) electrons. The van der Waals surface area contributed by atoms with Crippen LogP contribution >= 0.6 is 0 Å². The van der Waals surface area contributed by atoms with Gasteiger partial charge < -0.3 is 28.6 Å². The van der Waals surface area contributed by atoms with Crippen molar-refractivity contribution in [2.45, 2.75) is 174 Å². The largest absolute Gasteiger partial charge is 0.544 e. The van der Waals surface area contributed by atoms with Gasteiger partial charge in [0.1, 0.15) is 12.6 Å². The lowest BCUT2D eigenvalue weighted by Crippen LogP contribution is -2.55. The monoisotopic (exact) mass is 862 g/mol. The lowest BCUT2D eigenvalue weighted by Gasteiger charge is -2.34. The minimum atomic E-state index is -1.14. The van der Waals surface area contributed by atoms with E-state index >= 15 is 0 Å². The van der Waals surface area contributed by atoms with Gasteiger partial charge in [-0.25, -0.2) is 0 Å². The second-order valence-electron chi connectivity index (χ2n) is 16.7. The van der Waals surface area contributed by atoms with E-state index in [2.05, 4.69) is 123 Å². The Balaban J connectivity index is 4.48. The fourth-order valence-electron chi connectivity index (χ4n) is 6.26. The van der Waals surface area contributed by atoms with Crippen LogP contribution in [0.3, 0.4) is 0 Å². The van der Waals surface area contributed by atoms with Gasteiger partial charge in [-0.05, 0) is 83.5 Å². The smallest absolute Gasteiger partial charge is 0.306 e. The van der Waals surface area contributed by atoms with Crippen molar-refractivity contribution in [3.05, 3.63) is 109 Å². The van der Waals surface area contributed by atoms with Crippen LogP contribution < -0.4 is 5.11 Å². The zero-order valence-electron chi connectivity index (χ0n) is 39.7. The van der Waals surface area contributed by atoms with Crippen LogP contribution in [0.25, 0.3) is 0 Å². The molecule has 8 nitrogen and oxygen atoms in total. The van der Waals surface area contributed by atoms with Crippen molar-refractivity contribution in [3.63, 3.8) is 0 Å². The summed E-state index contributed by atoms with van der Waals surface area (Å²) in [6.45, 7) is 4.43. The van der Waals surface area contributed by atoms with Crippen LogP contribution in [0.5, 0.6) is 0 Å². The standard InChI is InChI=1S/C54H87NO7/c1-6-8-10-12-14-16-18-20-22-24-26-27-29-31-33-35-37-39-41-43-45-53(57)62-50(48-60-47-46-51(54(58)59)55(3,4)5)49-61-52(56)44-42-40-38-36-34-32-30-28-25-23-21-19-17-15-13-11-9-7-2/h8,10,14,16,19-23,25-28,30-31,33,37,39,50-51H,6-7,9,11-13,15,17-18,24,29,32,34-36,38,40-49H2,1-5H3/b10-8+,16-14+,21-19+,22-20+,25-23+,27-26+,30-28+,33-31+,39-37+. The Morgan fingerprint density at radius 1 is 0.516 bits per heavy atom. The molecule has 0 bridgehead atoms. The van der Waals surface area contributed by atoms with E-state index in [-0.39, 0.29) is 49.1 Å². The molecule has 0 N–H and O–H groups in total. The zero-order chi connectivity index (χ0) is 45.6. The Bertz CT molecular complexity index is 1370. The molecule has 2 unspecified atom stereocenters. The lowest BCUT2D eigenvalue weighted by atomic mass is 10.1. The molecular weight excluding hydrogens is 775 g/mol. The van der Waals surface area contributed by atoms with Gasteiger partial charge in [-0.15, -0.1) is 0 Å². The van der Waals surface area contributed by atoms with Gasteiger partial charge in [0.05, 0.1) is 40.3 Å². The molecule has 0 aromatic rings. The molecule has 2 atom stereocenters. The highest BCUT2D eigenvalue weighted by Gasteiger charge is 2.25. The topological polar surface area (TPSA) is 102 Å². The molecule has 0 spiro atoms. The maximum atomic E-state index is 12.7. The number of carboxylic acids is 1. The molecule has 0 aliphatic rings. The van der Waals surface area contributed by atoms with Gasteiger partial charge in [0.25, 0.3) is 0 Å². The van der Waals surface area contributed by atoms with E-state index in [0.717, 1.165) is 89.9 Å². The number of quaternary nitrogens is 1. The maximum Gasteiger partial charge on any atom is 0.306 e. The van der Waals surface area contributed by atoms with E-state index in [1.165, 1.54) is 32.1 Å². The fraction of sp³-hybridized carbons (Fsp3) is 0.611. The number of carbonyl (C=O) groups excluding carboxylic acids is 3. The summed E-state index contributed by atoms with van der Waals surface area (Å²) in [6, 6.07) is -0.747. The summed E-state index contributed by atoms with van der Waals surface area (Å²) in [4.78, 5) is 36.9. The third-order valence-electron chi connectivity index (χ3n) is 9.95. The number of likely N-dealkylation sites (N-methyl/N-ethyl adjacent to an activating group) is 1. The molecular formula is C54H87NO7. The summed E-state index contributed by atoms with van der Waals surface area (Å²) in [5.74, 6) is -1.85. The van der Waals surface area contributed by atoms with E-state index in [9.17, 15) is 19.5 Å². The third kappa shape index (κ3) is 41.3. The second-order valence-corrected chi connectivity index (χ2v) is 16.7. The summed E-state index contributed by atoms with van der Waals surface area (Å²) in [5, 5.41) is 11.6. The van der Waals surface area contributed by atoms with Gasteiger partial charge in [-0.2, -0.15) is 0 Å². The van der Waals surface area contributed by atoms with E-state index < -0.39 is 18.1 Å². The number of esters is 2. The normalized spacial score (nSPS) is 13.9. The number of carbonyl (C=O) groups is 3. The van der Waals surface area contributed by atoms with Gasteiger partial charge in [-0.3, -0.25) is 9.59 Å². The van der Waals surface area contributed by atoms with Crippen molar-refractivity contribution in [2.75, 3.05) is 41.0 Å². The van der Waals surface area contributed by atoms with Gasteiger partial charge in [0.15, 0.2) is 6.10 Å². The number of aliphatic carboxylic acids is 1. The first kappa shape index (κ1) is 58.0. The average Bonchev–Trinajstić information content (AvgIpc) is 3.23. The molecule has 0 aliphatic heterocycles. The Hall–Kier alpha value is -4.01. The van der Waals surface area contributed by atoms with E-state index in [4.69, 9.17) is 14.2 Å². The first-order valence-corrected chi connectivity index (χ1v) is 23.9. The second kappa shape index (κ2) is 43.6. The SMILES string of the molecule is CC/C=C/C/C=C/C/C=C/C/C=C/C/C=C/C/C=C/CCCC(=O)OC(COCCC(C(=O)[O-])[N+](C)(C)C)COC(=O)CCCCCCC/C=C/C=C/C=C/CCCCCCC. The molecule has 0 saturated heterocycles. The number of carboxylic acid groups (broad SMARTS) is 1. The van der Waals surface area contributed by atoms with Gasteiger partial charge in [-0.1, -0.05) is 168 Å². The molecule has 62 heavy (non-hydrogen) atoms. The number of rotatable bonds is 41. The molecule has 0 saturated carbocycles. The Kier molecular flexibility index (Phi) is 40.8. The Labute approximate surface area is 378 Å². The number of hydrogen-bond donors (Lipinski definition) is 0. The summed E-state index contributed by atoms with van der Waals surface area (Å²) in [5.41, 5.74) is 0. The number of allylic oxidation sites excluding steroid dienone is 18. The van der Waals surface area contributed by atoms with Crippen LogP contribution in [0.2, 0.25) is 0 Å². The molecule has 8 heteroatoms. The van der Waals surface area contributed by atoms with Crippen molar-refractivity contribution in [1.29, 1.82) is 0 Å². The van der Waals surface area contributed by atoms with E-state index in [1.54, 1.807) is 21.1 Å². The number of unbranched alkanes of at least 4 members (excludes halogenated alkanes) is 11.